The van der Waals surface area contributed by atoms with Crippen LogP contribution in [-0.4, -0.2) is 26.4 Å². The van der Waals surface area contributed by atoms with Gasteiger partial charge in [0.1, 0.15) is 0 Å². The molecule has 0 saturated carbocycles. The summed E-state index contributed by atoms with van der Waals surface area (Å²) in [5, 5.41) is 4.86. The van der Waals surface area contributed by atoms with Crippen molar-refractivity contribution in [3.63, 3.8) is 0 Å². The monoisotopic (exact) mass is 276 g/mol. The lowest BCUT2D eigenvalue weighted by Gasteiger charge is -1.98. The summed E-state index contributed by atoms with van der Waals surface area (Å²) in [7, 11) is 2.60. The molecule has 1 aromatic rings. The molecule has 0 aliphatic rings. The van der Waals surface area contributed by atoms with Crippen LogP contribution in [0.5, 0.6) is 0 Å². The second-order valence-electron chi connectivity index (χ2n) is 3.61. The smallest absolute Gasteiger partial charge is 0.410 e. The maximum atomic E-state index is 10.8. The van der Waals surface area contributed by atoms with Gasteiger partial charge in [0.05, 0.1) is 14.2 Å². The van der Waals surface area contributed by atoms with Crippen molar-refractivity contribution in [2.75, 3.05) is 14.2 Å². The van der Waals surface area contributed by atoms with E-state index in [0.29, 0.717) is 0 Å². The van der Waals surface area contributed by atoms with Crippen LogP contribution in [0.1, 0.15) is 11.1 Å². The fourth-order valence-electron chi connectivity index (χ4n) is 1.25. The lowest BCUT2D eigenvalue weighted by Crippen LogP contribution is -2.15. The van der Waals surface area contributed by atoms with Gasteiger partial charge in [-0.25, -0.2) is 9.59 Å². The van der Waals surface area contributed by atoms with Crippen molar-refractivity contribution in [3.8, 4) is 0 Å². The molecular formula is C14H16N2O4. The number of nitrogens with one attached hydrogen (secondary N) is 2. The SMILES string of the molecule is COC(=O)N/C=C/c1ccc(/C=C/NC(=O)OC)cc1. The van der Waals surface area contributed by atoms with E-state index >= 15 is 0 Å². The van der Waals surface area contributed by atoms with E-state index in [9.17, 15) is 9.59 Å². The third kappa shape index (κ3) is 5.72. The standard InChI is InChI=1S/C14H16N2O4/c1-19-13(17)15-9-7-11-3-5-12(6-4-11)8-10-16-14(18)20-2/h3-10H,1-2H3,(H,15,17)(H,16,18)/b9-7+,10-8+. The second-order valence-corrected chi connectivity index (χ2v) is 3.61. The Morgan fingerprint density at radius 2 is 1.20 bits per heavy atom. The average Bonchev–Trinajstić information content (AvgIpc) is 2.48. The summed E-state index contributed by atoms with van der Waals surface area (Å²) in [4.78, 5) is 21.6. The molecule has 1 rings (SSSR count). The Morgan fingerprint density at radius 3 is 1.50 bits per heavy atom. The van der Waals surface area contributed by atoms with Gasteiger partial charge in [-0.2, -0.15) is 0 Å². The van der Waals surface area contributed by atoms with Gasteiger partial charge in [-0.1, -0.05) is 24.3 Å². The van der Waals surface area contributed by atoms with E-state index in [1.54, 1.807) is 12.2 Å². The van der Waals surface area contributed by atoms with Crippen LogP contribution in [0.3, 0.4) is 0 Å². The Kier molecular flexibility index (Phi) is 6.40. The number of hydrogen-bond donors (Lipinski definition) is 2. The van der Waals surface area contributed by atoms with Crippen molar-refractivity contribution in [2.45, 2.75) is 0 Å². The van der Waals surface area contributed by atoms with Crippen molar-refractivity contribution in [3.05, 3.63) is 47.8 Å². The molecule has 0 radical (unpaired) electrons. The van der Waals surface area contributed by atoms with E-state index in [0.717, 1.165) is 11.1 Å². The maximum Gasteiger partial charge on any atom is 0.410 e. The first-order valence-electron chi connectivity index (χ1n) is 5.78. The number of alkyl carbamates (subject to hydrolysis) is 2. The summed E-state index contributed by atoms with van der Waals surface area (Å²) in [6, 6.07) is 7.47. The lowest BCUT2D eigenvalue weighted by molar-refractivity contribution is 0.174. The normalized spacial score (nSPS) is 10.5. The topological polar surface area (TPSA) is 76.7 Å². The van der Waals surface area contributed by atoms with Gasteiger partial charge in [-0.15, -0.1) is 0 Å². The Labute approximate surface area is 117 Å². The van der Waals surface area contributed by atoms with Gasteiger partial charge in [0, 0.05) is 12.4 Å². The fourth-order valence-corrected chi connectivity index (χ4v) is 1.25. The molecule has 20 heavy (non-hydrogen) atoms. The number of methoxy groups -OCH3 is 2. The molecule has 6 heteroatoms. The van der Waals surface area contributed by atoms with E-state index in [1.165, 1.54) is 26.6 Å². The van der Waals surface area contributed by atoms with Gasteiger partial charge in [0.15, 0.2) is 0 Å². The Morgan fingerprint density at radius 1 is 0.850 bits per heavy atom. The minimum atomic E-state index is -0.519. The first-order chi connectivity index (χ1) is 9.65. The highest BCUT2D eigenvalue weighted by molar-refractivity contribution is 5.70. The summed E-state index contributed by atoms with van der Waals surface area (Å²) >= 11 is 0. The molecule has 2 N–H and O–H groups in total. The predicted octanol–water partition coefficient (Wildman–Crippen LogP) is 2.34. The number of rotatable bonds is 4. The molecule has 6 nitrogen and oxygen atoms in total. The summed E-state index contributed by atoms with van der Waals surface area (Å²) in [5.74, 6) is 0. The zero-order chi connectivity index (χ0) is 14.8. The molecule has 0 bridgehead atoms. The van der Waals surface area contributed by atoms with Gasteiger partial charge in [-0.3, -0.25) is 10.6 Å². The van der Waals surface area contributed by atoms with Gasteiger partial charge in [0.2, 0.25) is 0 Å². The minimum absolute atomic E-state index is 0.519. The zero-order valence-electron chi connectivity index (χ0n) is 11.3. The van der Waals surface area contributed by atoms with E-state index in [2.05, 4.69) is 20.1 Å². The maximum absolute atomic E-state index is 10.8. The average molecular weight is 276 g/mol. The van der Waals surface area contributed by atoms with Crippen LogP contribution in [0.15, 0.2) is 36.7 Å². The van der Waals surface area contributed by atoms with Crippen molar-refractivity contribution in [1.29, 1.82) is 0 Å². The Hall–Kier alpha value is -2.76. The molecule has 0 saturated heterocycles. The Bertz CT molecular complexity index is 459. The predicted molar refractivity (Wildman–Crippen MR) is 75.6 cm³/mol. The quantitative estimate of drug-likeness (QED) is 0.885. The summed E-state index contributed by atoms with van der Waals surface area (Å²) < 4.78 is 8.85. The van der Waals surface area contributed by atoms with Gasteiger partial charge in [0.25, 0.3) is 0 Å². The van der Waals surface area contributed by atoms with Crippen LogP contribution in [0.2, 0.25) is 0 Å². The van der Waals surface area contributed by atoms with E-state index < -0.39 is 12.2 Å². The molecule has 2 amide bonds. The molecule has 0 heterocycles. The highest BCUT2D eigenvalue weighted by Gasteiger charge is 1.93. The van der Waals surface area contributed by atoms with E-state index in [4.69, 9.17) is 0 Å². The van der Waals surface area contributed by atoms with Gasteiger partial charge < -0.3 is 9.47 Å². The van der Waals surface area contributed by atoms with E-state index in [1.807, 2.05) is 24.3 Å². The molecule has 1 aromatic carbocycles. The number of amides is 2. The van der Waals surface area contributed by atoms with E-state index in [-0.39, 0.29) is 0 Å². The number of benzene rings is 1. The van der Waals surface area contributed by atoms with Crippen LogP contribution in [0, 0.1) is 0 Å². The highest BCUT2D eigenvalue weighted by atomic mass is 16.5. The number of hydrogen-bond acceptors (Lipinski definition) is 4. The van der Waals surface area contributed by atoms with Crippen molar-refractivity contribution in [2.24, 2.45) is 0 Å². The molecule has 0 atom stereocenters. The van der Waals surface area contributed by atoms with Crippen molar-refractivity contribution >= 4 is 24.3 Å². The third-order valence-corrected chi connectivity index (χ3v) is 2.26. The molecule has 106 valence electrons. The third-order valence-electron chi connectivity index (χ3n) is 2.26. The first-order valence-corrected chi connectivity index (χ1v) is 5.78. The van der Waals surface area contributed by atoms with Crippen LogP contribution in [0.4, 0.5) is 9.59 Å². The van der Waals surface area contributed by atoms with Crippen molar-refractivity contribution < 1.29 is 19.1 Å². The van der Waals surface area contributed by atoms with Gasteiger partial charge in [-0.05, 0) is 23.3 Å². The minimum Gasteiger partial charge on any atom is -0.453 e. The molecule has 0 aliphatic heterocycles. The molecule has 0 spiro atoms. The lowest BCUT2D eigenvalue weighted by atomic mass is 10.1. The molecule has 0 fully saturated rings. The number of carbonyl (C=O) groups excluding carboxylic acids is 2. The van der Waals surface area contributed by atoms with Gasteiger partial charge >= 0.3 is 12.2 Å². The van der Waals surface area contributed by atoms with Crippen LogP contribution < -0.4 is 10.6 Å². The second kappa shape index (κ2) is 8.36. The summed E-state index contributed by atoms with van der Waals surface area (Å²) in [5.41, 5.74) is 1.83. The van der Waals surface area contributed by atoms with Crippen LogP contribution in [0.25, 0.3) is 12.2 Å². The molecule has 0 aromatic heterocycles. The summed E-state index contributed by atoms with van der Waals surface area (Å²) in [6.07, 6.45) is 5.42. The molecule has 0 aliphatic carbocycles. The summed E-state index contributed by atoms with van der Waals surface area (Å²) in [6.45, 7) is 0. The first kappa shape index (κ1) is 15.3. The van der Waals surface area contributed by atoms with Crippen molar-refractivity contribution in [1.82, 2.24) is 10.6 Å². The number of ether oxygens (including phenoxy) is 2. The number of carbonyl (C=O) groups is 2. The highest BCUT2D eigenvalue weighted by Crippen LogP contribution is 2.07. The zero-order valence-corrected chi connectivity index (χ0v) is 11.3. The molecular weight excluding hydrogens is 260 g/mol. The fraction of sp³-hybridized carbons (Fsp3) is 0.143. The Balaban J connectivity index is 2.51. The molecule has 0 unspecified atom stereocenters. The largest absolute Gasteiger partial charge is 0.453 e. The van der Waals surface area contributed by atoms with Crippen LogP contribution >= 0.6 is 0 Å². The van der Waals surface area contributed by atoms with Crippen LogP contribution in [-0.2, 0) is 9.47 Å².